The highest BCUT2D eigenvalue weighted by molar-refractivity contribution is 9.10. The van der Waals surface area contributed by atoms with Gasteiger partial charge in [-0.05, 0) is 36.4 Å². The number of hydrogen-bond donors (Lipinski definition) is 0. The summed E-state index contributed by atoms with van der Waals surface area (Å²) in [4.78, 5) is 9.43. The summed E-state index contributed by atoms with van der Waals surface area (Å²) in [5, 5.41) is 1.10. The van der Waals surface area contributed by atoms with Crippen molar-refractivity contribution in [2.45, 2.75) is 0 Å². The van der Waals surface area contributed by atoms with E-state index < -0.39 is 0 Å². The van der Waals surface area contributed by atoms with Gasteiger partial charge < -0.3 is 0 Å². The lowest BCUT2D eigenvalue weighted by Gasteiger charge is -2.07. The van der Waals surface area contributed by atoms with E-state index >= 15 is 0 Å². The van der Waals surface area contributed by atoms with E-state index in [2.05, 4.69) is 45.2 Å². The van der Waals surface area contributed by atoms with Gasteiger partial charge in [-0.2, -0.15) is 0 Å². The number of nitrogens with zero attached hydrogens (tertiary/aromatic N) is 2. The van der Waals surface area contributed by atoms with Crippen LogP contribution in [0.25, 0.3) is 22.2 Å². The molecule has 0 saturated carbocycles. The monoisotopic (exact) mass is 386 g/mol. The number of hydrogen-bond acceptors (Lipinski definition) is 2. The Kier molecular flexibility index (Phi) is 4.40. The Hall–Kier alpha value is -2.78. The second-order valence-corrected chi connectivity index (χ2v) is 6.63. The maximum absolute atomic E-state index is 4.80. The number of aliphatic imine (C=N–C) groups is 1. The first kappa shape index (κ1) is 15.7. The fraction of sp³-hybridized carbons (Fsp3) is 0. The van der Waals surface area contributed by atoms with Crippen LogP contribution in [0.15, 0.2) is 94.4 Å². The first-order chi connectivity index (χ1) is 12.3. The second kappa shape index (κ2) is 6.99. The molecule has 3 aromatic carbocycles. The molecule has 4 rings (SSSR count). The number of aromatic nitrogens is 1. The van der Waals surface area contributed by atoms with Crippen LogP contribution in [-0.4, -0.2) is 11.2 Å². The minimum Gasteiger partial charge on any atom is -0.256 e. The largest absolute Gasteiger partial charge is 0.256 e. The zero-order chi connectivity index (χ0) is 17.1. The zero-order valence-electron chi connectivity index (χ0n) is 13.4. The van der Waals surface area contributed by atoms with Gasteiger partial charge in [-0.25, -0.2) is 4.98 Å². The van der Waals surface area contributed by atoms with Gasteiger partial charge in [-0.15, -0.1) is 0 Å². The summed E-state index contributed by atoms with van der Waals surface area (Å²) >= 11 is 3.45. The molecule has 2 nitrogen and oxygen atoms in total. The van der Waals surface area contributed by atoms with Crippen LogP contribution in [0.1, 0.15) is 5.56 Å². The summed E-state index contributed by atoms with van der Waals surface area (Å²) in [7, 11) is 0. The van der Waals surface area contributed by atoms with E-state index in [0.717, 1.165) is 37.9 Å². The van der Waals surface area contributed by atoms with Gasteiger partial charge in [0, 0.05) is 27.2 Å². The van der Waals surface area contributed by atoms with Crippen molar-refractivity contribution < 1.29 is 0 Å². The zero-order valence-corrected chi connectivity index (χ0v) is 15.0. The number of halogens is 1. The van der Waals surface area contributed by atoms with Crippen molar-refractivity contribution in [1.29, 1.82) is 0 Å². The topological polar surface area (TPSA) is 25.2 Å². The fourth-order valence-electron chi connectivity index (χ4n) is 2.74. The average molecular weight is 387 g/mol. The molecule has 0 aliphatic carbocycles. The number of rotatable bonds is 3. The Morgan fingerprint density at radius 3 is 2.32 bits per heavy atom. The van der Waals surface area contributed by atoms with Crippen molar-refractivity contribution in [1.82, 2.24) is 4.98 Å². The van der Waals surface area contributed by atoms with Gasteiger partial charge >= 0.3 is 0 Å². The molecule has 25 heavy (non-hydrogen) atoms. The lowest BCUT2D eigenvalue weighted by molar-refractivity contribution is 1.39. The van der Waals surface area contributed by atoms with Crippen molar-refractivity contribution in [3.8, 4) is 11.3 Å². The fourth-order valence-corrected chi connectivity index (χ4v) is 3.00. The molecule has 0 fully saturated rings. The standard InChI is InChI=1S/C22H15BrN2/c23-18-10-12-19(13-11-18)24-15-17-14-22(16-6-2-1-3-7-16)25-21-9-5-4-8-20(17)21/h1-15H. The van der Waals surface area contributed by atoms with E-state index in [1.807, 2.05) is 66.9 Å². The Bertz CT molecular complexity index is 1040. The van der Waals surface area contributed by atoms with Crippen LogP contribution in [0.2, 0.25) is 0 Å². The maximum Gasteiger partial charge on any atom is 0.0716 e. The molecule has 1 heterocycles. The van der Waals surface area contributed by atoms with Crippen LogP contribution < -0.4 is 0 Å². The van der Waals surface area contributed by atoms with E-state index in [9.17, 15) is 0 Å². The van der Waals surface area contributed by atoms with Gasteiger partial charge in [0.25, 0.3) is 0 Å². The molecule has 0 aliphatic rings. The van der Waals surface area contributed by atoms with Crippen molar-refractivity contribution in [2.75, 3.05) is 0 Å². The number of benzene rings is 3. The van der Waals surface area contributed by atoms with Crippen LogP contribution >= 0.6 is 15.9 Å². The molecule has 0 radical (unpaired) electrons. The third kappa shape index (κ3) is 3.52. The van der Waals surface area contributed by atoms with E-state index in [0.29, 0.717) is 0 Å². The number of pyridine rings is 1. The van der Waals surface area contributed by atoms with Crippen molar-refractivity contribution in [2.24, 2.45) is 4.99 Å². The lowest BCUT2D eigenvalue weighted by Crippen LogP contribution is -1.91. The summed E-state index contributed by atoms with van der Waals surface area (Å²) in [5.41, 5.74) is 5.02. The highest BCUT2D eigenvalue weighted by atomic mass is 79.9. The minimum absolute atomic E-state index is 0.922. The average Bonchev–Trinajstić information content (AvgIpc) is 2.68. The van der Waals surface area contributed by atoms with E-state index in [4.69, 9.17) is 4.98 Å². The Labute approximate surface area is 155 Å². The summed E-state index contributed by atoms with van der Waals surface area (Å²) < 4.78 is 1.05. The van der Waals surface area contributed by atoms with E-state index in [1.54, 1.807) is 0 Å². The first-order valence-electron chi connectivity index (χ1n) is 8.04. The third-order valence-electron chi connectivity index (χ3n) is 4.00. The summed E-state index contributed by atoms with van der Waals surface area (Å²) in [6.07, 6.45) is 1.92. The van der Waals surface area contributed by atoms with Crippen molar-refractivity contribution in [3.63, 3.8) is 0 Å². The van der Waals surface area contributed by atoms with E-state index in [1.165, 1.54) is 0 Å². The van der Waals surface area contributed by atoms with E-state index in [-0.39, 0.29) is 0 Å². The molecule has 120 valence electrons. The van der Waals surface area contributed by atoms with Crippen LogP contribution in [0, 0.1) is 0 Å². The SMILES string of the molecule is Brc1ccc(N=Cc2cc(-c3ccccc3)nc3ccccc23)cc1. The van der Waals surface area contributed by atoms with Crippen LogP contribution in [0.4, 0.5) is 5.69 Å². The molecule has 0 bridgehead atoms. The van der Waals surface area contributed by atoms with Crippen LogP contribution in [-0.2, 0) is 0 Å². The third-order valence-corrected chi connectivity index (χ3v) is 4.53. The molecule has 0 saturated heterocycles. The maximum atomic E-state index is 4.80. The van der Waals surface area contributed by atoms with Crippen LogP contribution in [0.5, 0.6) is 0 Å². The van der Waals surface area contributed by atoms with Gasteiger partial charge in [0.2, 0.25) is 0 Å². The van der Waals surface area contributed by atoms with Crippen molar-refractivity contribution >= 4 is 38.7 Å². The van der Waals surface area contributed by atoms with Gasteiger partial charge in [0.05, 0.1) is 16.9 Å². The minimum atomic E-state index is 0.922. The highest BCUT2D eigenvalue weighted by Crippen LogP contribution is 2.24. The smallest absolute Gasteiger partial charge is 0.0716 e. The normalized spacial score (nSPS) is 11.2. The first-order valence-corrected chi connectivity index (χ1v) is 8.84. The van der Waals surface area contributed by atoms with Crippen LogP contribution in [0.3, 0.4) is 0 Å². The number of fused-ring (bicyclic) bond motifs is 1. The molecule has 1 aromatic heterocycles. The second-order valence-electron chi connectivity index (χ2n) is 5.71. The predicted molar refractivity (Wildman–Crippen MR) is 109 cm³/mol. The molecular weight excluding hydrogens is 372 g/mol. The van der Waals surface area contributed by atoms with Crippen molar-refractivity contribution in [3.05, 3.63) is 95.0 Å². The molecule has 0 N–H and O–H groups in total. The molecule has 3 heteroatoms. The van der Waals surface area contributed by atoms with Gasteiger partial charge in [0.15, 0.2) is 0 Å². The molecular formula is C22H15BrN2. The summed E-state index contributed by atoms with van der Waals surface area (Å²) in [6, 6.07) is 28.5. The Morgan fingerprint density at radius 1 is 0.800 bits per heavy atom. The molecule has 0 aliphatic heterocycles. The molecule has 0 spiro atoms. The Morgan fingerprint density at radius 2 is 1.52 bits per heavy atom. The van der Waals surface area contributed by atoms with Gasteiger partial charge in [0.1, 0.15) is 0 Å². The molecule has 0 atom stereocenters. The molecule has 0 unspecified atom stereocenters. The summed E-state index contributed by atoms with van der Waals surface area (Å²) in [5.74, 6) is 0. The number of para-hydroxylation sites is 1. The highest BCUT2D eigenvalue weighted by Gasteiger charge is 2.06. The summed E-state index contributed by atoms with van der Waals surface area (Å²) in [6.45, 7) is 0. The molecule has 0 amide bonds. The molecule has 4 aromatic rings. The Balaban J connectivity index is 1.82. The van der Waals surface area contributed by atoms with Gasteiger partial charge in [-0.3, -0.25) is 4.99 Å². The predicted octanol–water partition coefficient (Wildman–Crippen LogP) is 6.41. The lowest BCUT2D eigenvalue weighted by atomic mass is 10.0. The van der Waals surface area contributed by atoms with Gasteiger partial charge in [-0.1, -0.05) is 64.5 Å². The quantitative estimate of drug-likeness (QED) is 0.373.